The molecule has 23 heavy (non-hydrogen) atoms. The van der Waals surface area contributed by atoms with Gasteiger partial charge in [0.15, 0.2) is 0 Å². The van der Waals surface area contributed by atoms with Gasteiger partial charge in [-0.3, -0.25) is 0 Å². The zero-order chi connectivity index (χ0) is 16.8. The highest BCUT2D eigenvalue weighted by Gasteiger charge is 2.05. The summed E-state index contributed by atoms with van der Waals surface area (Å²) in [7, 11) is 0. The number of hydrogen-bond donors (Lipinski definition) is 4. The van der Waals surface area contributed by atoms with Gasteiger partial charge in [0.1, 0.15) is 11.5 Å². The van der Waals surface area contributed by atoms with Crippen molar-refractivity contribution in [1.82, 2.24) is 5.32 Å². The van der Waals surface area contributed by atoms with Gasteiger partial charge >= 0.3 is 0 Å². The van der Waals surface area contributed by atoms with Crippen LogP contribution < -0.4 is 10.1 Å². The Morgan fingerprint density at radius 2 is 1.57 bits per heavy atom. The second-order valence-electron chi connectivity index (χ2n) is 5.81. The van der Waals surface area contributed by atoms with Crippen molar-refractivity contribution >= 4 is 0 Å². The summed E-state index contributed by atoms with van der Waals surface area (Å²) in [6, 6.07) is 6.92. The zero-order valence-electron chi connectivity index (χ0n) is 13.9. The second kappa shape index (κ2) is 13.2. The van der Waals surface area contributed by atoms with Gasteiger partial charge in [0.25, 0.3) is 0 Å². The lowest BCUT2D eigenvalue weighted by Gasteiger charge is -2.15. The van der Waals surface area contributed by atoms with Gasteiger partial charge in [-0.2, -0.15) is 0 Å². The molecule has 1 aromatic rings. The molecule has 1 rings (SSSR count). The van der Waals surface area contributed by atoms with E-state index in [2.05, 4.69) is 5.32 Å². The van der Waals surface area contributed by atoms with E-state index in [1.807, 2.05) is 0 Å². The first-order valence-electron chi connectivity index (χ1n) is 8.63. The summed E-state index contributed by atoms with van der Waals surface area (Å²) in [6.07, 6.45) is 7.84. The molecule has 0 saturated carbocycles. The van der Waals surface area contributed by atoms with E-state index in [9.17, 15) is 10.2 Å². The molecule has 0 aliphatic carbocycles. The number of unbranched alkanes of at least 4 members (excludes halogenated alkanes) is 5. The number of phenols is 1. The Morgan fingerprint density at radius 1 is 0.913 bits per heavy atom. The molecular formula is C18H31NO4. The Bertz CT molecular complexity index is 383. The number of rotatable bonds is 14. The maximum atomic E-state index is 9.19. The van der Waals surface area contributed by atoms with Gasteiger partial charge < -0.3 is 25.4 Å². The lowest BCUT2D eigenvalue weighted by atomic mass is 10.1. The number of aromatic hydroxyl groups is 1. The van der Waals surface area contributed by atoms with E-state index in [0.717, 1.165) is 31.4 Å². The normalized spacial score (nSPS) is 12.3. The summed E-state index contributed by atoms with van der Waals surface area (Å²) in [5.74, 6) is 1.06. The molecule has 0 heterocycles. The lowest BCUT2D eigenvalue weighted by molar-refractivity contribution is 0.217. The summed E-state index contributed by atoms with van der Waals surface area (Å²) >= 11 is 0. The first-order valence-corrected chi connectivity index (χ1v) is 8.63. The van der Waals surface area contributed by atoms with Crippen LogP contribution in [-0.2, 0) is 0 Å². The van der Waals surface area contributed by atoms with Crippen LogP contribution in [0.5, 0.6) is 11.5 Å². The van der Waals surface area contributed by atoms with E-state index >= 15 is 0 Å². The molecule has 1 aromatic carbocycles. The van der Waals surface area contributed by atoms with Crippen LogP contribution >= 0.6 is 0 Å². The van der Waals surface area contributed by atoms with E-state index in [-0.39, 0.29) is 25.0 Å². The molecule has 5 nitrogen and oxygen atoms in total. The molecule has 4 N–H and O–H groups in total. The minimum absolute atomic E-state index is 0.112. The van der Waals surface area contributed by atoms with Crippen LogP contribution in [0.2, 0.25) is 0 Å². The van der Waals surface area contributed by atoms with Crippen LogP contribution in [0.1, 0.15) is 44.9 Å². The number of ether oxygens (including phenoxy) is 1. The minimum Gasteiger partial charge on any atom is -0.508 e. The van der Waals surface area contributed by atoms with Gasteiger partial charge in [-0.15, -0.1) is 0 Å². The van der Waals surface area contributed by atoms with Crippen molar-refractivity contribution in [3.8, 4) is 11.5 Å². The van der Waals surface area contributed by atoms with Gasteiger partial charge in [0.2, 0.25) is 0 Å². The molecule has 0 aromatic heterocycles. The predicted molar refractivity (Wildman–Crippen MR) is 91.9 cm³/mol. The fourth-order valence-corrected chi connectivity index (χ4v) is 2.46. The monoisotopic (exact) mass is 325 g/mol. The Kier molecular flexibility index (Phi) is 11.3. The SMILES string of the molecule is OCCNC(CO)CCCCCCCCOc1ccc(O)cc1. The van der Waals surface area contributed by atoms with Gasteiger partial charge in [-0.1, -0.05) is 32.1 Å². The predicted octanol–water partition coefficient (Wildman–Crippen LogP) is 2.44. The number of benzene rings is 1. The number of nitrogens with one attached hydrogen (secondary N) is 1. The molecule has 5 heteroatoms. The standard InChI is InChI=1S/C18H31NO4/c20-13-12-19-16(15-21)7-5-3-1-2-4-6-14-23-18-10-8-17(22)9-11-18/h8-11,16,19-22H,1-7,12-15H2. The maximum absolute atomic E-state index is 9.19. The third-order valence-electron chi connectivity index (χ3n) is 3.82. The fraction of sp³-hybridized carbons (Fsp3) is 0.667. The highest BCUT2D eigenvalue weighted by molar-refractivity contribution is 5.29. The molecule has 1 unspecified atom stereocenters. The smallest absolute Gasteiger partial charge is 0.119 e. The van der Waals surface area contributed by atoms with Gasteiger partial charge in [-0.25, -0.2) is 0 Å². The third kappa shape index (κ3) is 10.2. The van der Waals surface area contributed by atoms with Crippen molar-refractivity contribution in [3.63, 3.8) is 0 Å². The van der Waals surface area contributed by atoms with E-state index in [0.29, 0.717) is 13.2 Å². The summed E-state index contributed by atoms with van der Waals surface area (Å²) in [6.45, 7) is 1.51. The average Bonchev–Trinajstić information content (AvgIpc) is 2.57. The average molecular weight is 325 g/mol. The van der Waals surface area contributed by atoms with E-state index in [1.54, 1.807) is 24.3 Å². The number of aliphatic hydroxyl groups is 2. The summed E-state index contributed by atoms with van der Waals surface area (Å²) in [4.78, 5) is 0. The largest absolute Gasteiger partial charge is 0.508 e. The molecule has 0 spiro atoms. The quantitative estimate of drug-likeness (QED) is 0.395. The Hall–Kier alpha value is -1.30. The molecule has 0 fully saturated rings. The van der Waals surface area contributed by atoms with Crippen molar-refractivity contribution in [1.29, 1.82) is 0 Å². The molecule has 0 saturated heterocycles. The van der Waals surface area contributed by atoms with Crippen molar-refractivity contribution < 1.29 is 20.1 Å². The second-order valence-corrected chi connectivity index (χ2v) is 5.81. The number of hydrogen-bond acceptors (Lipinski definition) is 5. The zero-order valence-corrected chi connectivity index (χ0v) is 13.9. The maximum Gasteiger partial charge on any atom is 0.119 e. The molecule has 1 atom stereocenters. The molecule has 0 aliphatic heterocycles. The van der Waals surface area contributed by atoms with Crippen LogP contribution in [0.4, 0.5) is 0 Å². The Labute approximate surface area is 139 Å². The molecule has 0 amide bonds. The molecule has 0 aliphatic rings. The summed E-state index contributed by atoms with van der Waals surface area (Å²) < 4.78 is 5.60. The van der Waals surface area contributed by atoms with Crippen molar-refractivity contribution in [2.45, 2.75) is 51.0 Å². The fourth-order valence-electron chi connectivity index (χ4n) is 2.46. The first-order chi connectivity index (χ1) is 11.3. The van der Waals surface area contributed by atoms with Crippen molar-refractivity contribution in [2.75, 3.05) is 26.4 Å². The van der Waals surface area contributed by atoms with Crippen LogP contribution in [0.15, 0.2) is 24.3 Å². The lowest BCUT2D eigenvalue weighted by Crippen LogP contribution is -2.34. The highest BCUT2D eigenvalue weighted by atomic mass is 16.5. The number of aliphatic hydroxyl groups excluding tert-OH is 2. The van der Waals surface area contributed by atoms with Crippen molar-refractivity contribution in [2.24, 2.45) is 0 Å². The van der Waals surface area contributed by atoms with Crippen LogP contribution in [0.3, 0.4) is 0 Å². The van der Waals surface area contributed by atoms with Gasteiger partial charge in [0, 0.05) is 12.6 Å². The highest BCUT2D eigenvalue weighted by Crippen LogP contribution is 2.16. The van der Waals surface area contributed by atoms with E-state index in [4.69, 9.17) is 9.84 Å². The third-order valence-corrected chi connectivity index (χ3v) is 3.82. The molecular weight excluding hydrogens is 294 g/mol. The Balaban J connectivity index is 1.90. The first kappa shape index (κ1) is 19.7. The summed E-state index contributed by atoms with van der Waals surface area (Å²) in [5.41, 5.74) is 0. The topological polar surface area (TPSA) is 82.0 Å². The van der Waals surface area contributed by atoms with Crippen LogP contribution in [-0.4, -0.2) is 47.7 Å². The van der Waals surface area contributed by atoms with Crippen LogP contribution in [0, 0.1) is 0 Å². The number of phenolic OH excluding ortho intramolecular Hbond substituents is 1. The van der Waals surface area contributed by atoms with Crippen LogP contribution in [0.25, 0.3) is 0 Å². The van der Waals surface area contributed by atoms with E-state index < -0.39 is 0 Å². The minimum atomic E-state index is 0.112. The van der Waals surface area contributed by atoms with Gasteiger partial charge in [-0.05, 0) is 37.1 Å². The summed E-state index contributed by atoms with van der Waals surface area (Å²) in [5, 5.41) is 30.2. The molecule has 132 valence electrons. The van der Waals surface area contributed by atoms with E-state index in [1.165, 1.54) is 19.3 Å². The van der Waals surface area contributed by atoms with Gasteiger partial charge in [0.05, 0.1) is 19.8 Å². The molecule has 0 radical (unpaired) electrons. The van der Waals surface area contributed by atoms with Crippen molar-refractivity contribution in [3.05, 3.63) is 24.3 Å². The Morgan fingerprint density at radius 3 is 2.22 bits per heavy atom. The molecule has 0 bridgehead atoms.